The molecule has 32 heavy (non-hydrogen) atoms. The van der Waals surface area contributed by atoms with Gasteiger partial charge in [0.1, 0.15) is 12.6 Å². The Morgan fingerprint density at radius 3 is 2.41 bits per heavy atom. The molecule has 1 unspecified atom stereocenters. The summed E-state index contributed by atoms with van der Waals surface area (Å²) in [5.41, 5.74) is 1.54. The summed E-state index contributed by atoms with van der Waals surface area (Å²) < 4.78 is 0. The maximum Gasteiger partial charge on any atom is 0.325 e. The molecule has 1 aliphatic rings. The van der Waals surface area contributed by atoms with Gasteiger partial charge in [-0.3, -0.25) is 14.5 Å². The van der Waals surface area contributed by atoms with E-state index >= 15 is 0 Å². The molecule has 4 amide bonds. The van der Waals surface area contributed by atoms with Crippen LogP contribution in [0.25, 0.3) is 0 Å². The number of para-hydroxylation sites is 1. The van der Waals surface area contributed by atoms with E-state index in [1.165, 1.54) is 11.8 Å². The fraction of sp³-hybridized carbons (Fsp3) is 0.125. The van der Waals surface area contributed by atoms with Gasteiger partial charge in [0.2, 0.25) is 5.91 Å². The average Bonchev–Trinajstić information content (AvgIpc) is 3.04. The standard InChI is InChI=1S/C24H20ClN3O3S/c25-17-10-12-18(13-11-17)32-21-9-5-4-8-19(21)26-22(29)15-28-23(30)20(27-24(28)31)14-16-6-2-1-3-7-16/h1-13,20H,14-15H2,(H,26,29)(H,27,31). The number of hydrogen-bond acceptors (Lipinski definition) is 4. The van der Waals surface area contributed by atoms with E-state index in [4.69, 9.17) is 11.6 Å². The van der Waals surface area contributed by atoms with E-state index < -0.39 is 23.9 Å². The van der Waals surface area contributed by atoms with Gasteiger partial charge in [-0.25, -0.2) is 4.79 Å². The van der Waals surface area contributed by atoms with Gasteiger partial charge in [-0.1, -0.05) is 65.8 Å². The number of nitrogens with one attached hydrogen (secondary N) is 2. The van der Waals surface area contributed by atoms with Crippen molar-refractivity contribution in [1.29, 1.82) is 0 Å². The molecule has 2 N–H and O–H groups in total. The van der Waals surface area contributed by atoms with Crippen LogP contribution >= 0.6 is 23.4 Å². The summed E-state index contributed by atoms with van der Waals surface area (Å²) in [7, 11) is 0. The van der Waals surface area contributed by atoms with Crippen LogP contribution in [-0.4, -0.2) is 35.3 Å². The van der Waals surface area contributed by atoms with Crippen LogP contribution in [0.1, 0.15) is 5.56 Å². The Labute approximate surface area is 194 Å². The molecule has 0 spiro atoms. The number of amides is 4. The number of carbonyl (C=O) groups excluding carboxylic acids is 3. The first-order valence-corrected chi connectivity index (χ1v) is 11.2. The Balaban J connectivity index is 1.40. The van der Waals surface area contributed by atoms with Gasteiger partial charge in [0.15, 0.2) is 0 Å². The van der Waals surface area contributed by atoms with Gasteiger partial charge in [0, 0.05) is 21.2 Å². The van der Waals surface area contributed by atoms with Crippen molar-refractivity contribution >= 4 is 46.9 Å². The third kappa shape index (κ3) is 5.30. The predicted molar refractivity (Wildman–Crippen MR) is 125 cm³/mol. The van der Waals surface area contributed by atoms with E-state index in [0.29, 0.717) is 17.1 Å². The number of benzene rings is 3. The summed E-state index contributed by atoms with van der Waals surface area (Å²) in [6, 6.07) is 22.9. The summed E-state index contributed by atoms with van der Waals surface area (Å²) in [5, 5.41) is 6.13. The van der Waals surface area contributed by atoms with Crippen LogP contribution in [0.2, 0.25) is 5.02 Å². The summed E-state index contributed by atoms with van der Waals surface area (Å²) in [6.07, 6.45) is 0.379. The first-order chi connectivity index (χ1) is 15.5. The molecule has 1 aliphatic heterocycles. The lowest BCUT2D eigenvalue weighted by Crippen LogP contribution is -2.38. The highest BCUT2D eigenvalue weighted by Crippen LogP contribution is 2.33. The van der Waals surface area contributed by atoms with E-state index in [1.807, 2.05) is 60.7 Å². The third-order valence-corrected chi connectivity index (χ3v) is 6.23. The van der Waals surface area contributed by atoms with Gasteiger partial charge in [0.05, 0.1) is 5.69 Å². The average molecular weight is 466 g/mol. The Kier molecular flexibility index (Phi) is 6.78. The van der Waals surface area contributed by atoms with Gasteiger partial charge in [0.25, 0.3) is 5.91 Å². The van der Waals surface area contributed by atoms with Crippen LogP contribution in [0.4, 0.5) is 10.5 Å². The molecule has 0 aromatic heterocycles. The van der Waals surface area contributed by atoms with Crippen LogP contribution in [-0.2, 0) is 16.0 Å². The fourth-order valence-electron chi connectivity index (χ4n) is 3.34. The molecule has 8 heteroatoms. The zero-order valence-electron chi connectivity index (χ0n) is 17.0. The number of hydrogen-bond donors (Lipinski definition) is 2. The minimum Gasteiger partial charge on any atom is -0.325 e. The first-order valence-electron chi connectivity index (χ1n) is 9.98. The zero-order valence-corrected chi connectivity index (χ0v) is 18.5. The van der Waals surface area contributed by atoms with E-state index in [1.54, 1.807) is 18.2 Å². The number of rotatable bonds is 7. The van der Waals surface area contributed by atoms with Crippen molar-refractivity contribution < 1.29 is 14.4 Å². The Hall–Kier alpha value is -3.29. The number of anilines is 1. The third-order valence-electron chi connectivity index (χ3n) is 4.89. The van der Waals surface area contributed by atoms with Crippen molar-refractivity contribution in [3.63, 3.8) is 0 Å². The van der Waals surface area contributed by atoms with E-state index in [-0.39, 0.29) is 6.54 Å². The second kappa shape index (κ2) is 9.89. The Bertz CT molecular complexity index is 1140. The summed E-state index contributed by atoms with van der Waals surface area (Å²) >= 11 is 7.42. The highest BCUT2D eigenvalue weighted by molar-refractivity contribution is 7.99. The minimum atomic E-state index is -0.676. The van der Waals surface area contributed by atoms with Crippen molar-refractivity contribution in [2.24, 2.45) is 0 Å². The SMILES string of the molecule is O=C(CN1C(=O)NC(Cc2ccccc2)C1=O)Nc1ccccc1Sc1ccc(Cl)cc1. The van der Waals surface area contributed by atoms with Crippen molar-refractivity contribution in [1.82, 2.24) is 10.2 Å². The molecule has 4 rings (SSSR count). The molecule has 6 nitrogen and oxygen atoms in total. The second-order valence-corrected chi connectivity index (χ2v) is 8.77. The minimum absolute atomic E-state index is 0.351. The molecule has 0 radical (unpaired) electrons. The number of nitrogens with zero attached hydrogens (tertiary/aromatic N) is 1. The smallest absolute Gasteiger partial charge is 0.325 e. The lowest BCUT2D eigenvalue weighted by molar-refractivity contribution is -0.130. The van der Waals surface area contributed by atoms with Gasteiger partial charge in [-0.2, -0.15) is 0 Å². The van der Waals surface area contributed by atoms with Crippen LogP contribution in [0.15, 0.2) is 88.7 Å². The van der Waals surface area contributed by atoms with Crippen LogP contribution in [0.5, 0.6) is 0 Å². The first kappa shape index (κ1) is 21.9. The molecule has 1 heterocycles. The maximum absolute atomic E-state index is 12.7. The summed E-state index contributed by atoms with van der Waals surface area (Å²) in [6.45, 7) is -0.351. The van der Waals surface area contributed by atoms with Crippen LogP contribution in [0, 0.1) is 0 Å². The van der Waals surface area contributed by atoms with E-state index in [2.05, 4.69) is 10.6 Å². The topological polar surface area (TPSA) is 78.5 Å². The Morgan fingerprint density at radius 1 is 0.969 bits per heavy atom. The number of halogens is 1. The van der Waals surface area contributed by atoms with Crippen molar-refractivity contribution in [3.8, 4) is 0 Å². The molecule has 0 bridgehead atoms. The predicted octanol–water partition coefficient (Wildman–Crippen LogP) is 4.59. The molecular weight excluding hydrogens is 446 g/mol. The molecule has 3 aromatic carbocycles. The van der Waals surface area contributed by atoms with Crippen LogP contribution < -0.4 is 10.6 Å². The highest BCUT2D eigenvalue weighted by Gasteiger charge is 2.38. The lowest BCUT2D eigenvalue weighted by Gasteiger charge is -2.15. The van der Waals surface area contributed by atoms with Crippen molar-refractivity contribution in [3.05, 3.63) is 89.4 Å². The lowest BCUT2D eigenvalue weighted by atomic mass is 10.1. The quantitative estimate of drug-likeness (QED) is 0.500. The number of imide groups is 1. The number of carbonyl (C=O) groups is 3. The molecule has 1 atom stereocenters. The summed E-state index contributed by atoms with van der Waals surface area (Å²) in [4.78, 5) is 40.4. The molecule has 162 valence electrons. The van der Waals surface area contributed by atoms with E-state index in [0.717, 1.165) is 20.3 Å². The Morgan fingerprint density at radius 2 is 1.66 bits per heavy atom. The second-order valence-electron chi connectivity index (χ2n) is 7.22. The monoisotopic (exact) mass is 465 g/mol. The van der Waals surface area contributed by atoms with Crippen molar-refractivity contribution in [2.45, 2.75) is 22.3 Å². The summed E-state index contributed by atoms with van der Waals surface area (Å²) in [5.74, 6) is -0.851. The van der Waals surface area contributed by atoms with E-state index in [9.17, 15) is 14.4 Å². The fourth-order valence-corrected chi connectivity index (χ4v) is 4.36. The molecular formula is C24H20ClN3O3S. The highest BCUT2D eigenvalue weighted by atomic mass is 35.5. The maximum atomic E-state index is 12.7. The molecule has 0 saturated carbocycles. The van der Waals surface area contributed by atoms with Crippen LogP contribution in [0.3, 0.4) is 0 Å². The van der Waals surface area contributed by atoms with Gasteiger partial charge >= 0.3 is 6.03 Å². The largest absolute Gasteiger partial charge is 0.325 e. The van der Waals surface area contributed by atoms with Gasteiger partial charge < -0.3 is 10.6 Å². The molecule has 1 saturated heterocycles. The molecule has 1 fully saturated rings. The normalized spacial score (nSPS) is 15.5. The molecule has 3 aromatic rings. The number of urea groups is 1. The van der Waals surface area contributed by atoms with Crippen molar-refractivity contribution in [2.75, 3.05) is 11.9 Å². The van der Waals surface area contributed by atoms with Gasteiger partial charge in [-0.05, 0) is 42.0 Å². The van der Waals surface area contributed by atoms with Gasteiger partial charge in [-0.15, -0.1) is 0 Å². The molecule has 0 aliphatic carbocycles. The zero-order chi connectivity index (χ0) is 22.5.